The van der Waals surface area contributed by atoms with E-state index in [4.69, 9.17) is 0 Å². The van der Waals surface area contributed by atoms with Crippen LogP contribution in [0, 0.1) is 5.82 Å². The van der Waals surface area contributed by atoms with E-state index < -0.39 is 6.04 Å². The molecule has 0 spiro atoms. The predicted molar refractivity (Wildman–Crippen MR) is 101 cm³/mol. The zero-order chi connectivity index (χ0) is 19.2. The summed E-state index contributed by atoms with van der Waals surface area (Å²) in [6.45, 7) is 1.75. The Labute approximate surface area is 156 Å². The summed E-state index contributed by atoms with van der Waals surface area (Å²) in [7, 11) is 0. The molecule has 0 aliphatic rings. The van der Waals surface area contributed by atoms with Crippen molar-refractivity contribution in [1.29, 1.82) is 0 Å². The molecule has 2 aromatic carbocycles. The third kappa shape index (κ3) is 5.01. The zero-order valence-corrected chi connectivity index (χ0v) is 14.7. The van der Waals surface area contributed by atoms with Crippen LogP contribution in [-0.2, 0) is 16.0 Å². The number of benzene rings is 2. The molecule has 0 aliphatic carbocycles. The van der Waals surface area contributed by atoms with E-state index in [-0.39, 0.29) is 24.1 Å². The van der Waals surface area contributed by atoms with Crippen LogP contribution in [0.15, 0.2) is 67.0 Å². The highest BCUT2D eigenvalue weighted by Gasteiger charge is 2.15. The zero-order valence-electron chi connectivity index (χ0n) is 14.7. The molecule has 3 aromatic rings. The summed E-state index contributed by atoms with van der Waals surface area (Å²) in [6.07, 6.45) is 3.46. The molecule has 1 aromatic heterocycles. The number of nitrogens with one attached hydrogen (secondary N) is 2. The van der Waals surface area contributed by atoms with Crippen molar-refractivity contribution in [3.05, 3.63) is 78.4 Å². The Kier molecular flexibility index (Phi) is 5.61. The molecular weight excluding hydrogens is 347 g/mol. The Morgan fingerprint density at radius 3 is 2.44 bits per heavy atom. The van der Waals surface area contributed by atoms with Crippen molar-refractivity contribution < 1.29 is 14.0 Å². The van der Waals surface area contributed by atoms with Crippen molar-refractivity contribution in [2.45, 2.75) is 19.4 Å². The minimum atomic E-state index is -0.461. The number of carbonyl (C=O) groups excluding carboxylic acids is 2. The van der Waals surface area contributed by atoms with Gasteiger partial charge in [-0.3, -0.25) is 14.3 Å². The molecule has 0 unspecified atom stereocenters. The molecule has 7 heteroatoms. The van der Waals surface area contributed by atoms with E-state index in [1.807, 2.05) is 0 Å². The van der Waals surface area contributed by atoms with Crippen LogP contribution in [0.3, 0.4) is 0 Å². The fourth-order valence-corrected chi connectivity index (χ4v) is 2.54. The number of rotatable bonds is 6. The summed E-state index contributed by atoms with van der Waals surface area (Å²) in [5.74, 6) is -0.782. The van der Waals surface area contributed by atoms with Crippen LogP contribution >= 0.6 is 0 Å². The molecule has 0 radical (unpaired) electrons. The monoisotopic (exact) mass is 366 g/mol. The molecule has 0 aliphatic heterocycles. The average Bonchev–Trinajstić information content (AvgIpc) is 3.18. The minimum absolute atomic E-state index is 0.132. The maximum Gasteiger partial charge on any atom is 0.248 e. The van der Waals surface area contributed by atoms with Crippen LogP contribution in [0.25, 0.3) is 0 Å². The Morgan fingerprint density at radius 2 is 1.78 bits per heavy atom. The summed E-state index contributed by atoms with van der Waals surface area (Å²) >= 11 is 0. The van der Waals surface area contributed by atoms with Gasteiger partial charge in [0.2, 0.25) is 11.8 Å². The SMILES string of the molecule is C[C@@H](C(=O)Nc1cccc(NC(=O)Cc2ccc(F)cc2)c1)n1cccn1. The molecule has 6 nitrogen and oxygen atoms in total. The molecule has 0 fully saturated rings. The van der Waals surface area contributed by atoms with Gasteiger partial charge in [0.25, 0.3) is 0 Å². The largest absolute Gasteiger partial charge is 0.326 e. The maximum atomic E-state index is 12.9. The summed E-state index contributed by atoms with van der Waals surface area (Å²) in [6, 6.07) is 14.0. The highest BCUT2D eigenvalue weighted by molar-refractivity contribution is 5.96. The number of carbonyl (C=O) groups is 2. The topological polar surface area (TPSA) is 76.0 Å². The lowest BCUT2D eigenvalue weighted by atomic mass is 10.1. The van der Waals surface area contributed by atoms with Crippen LogP contribution in [0.1, 0.15) is 18.5 Å². The normalized spacial score (nSPS) is 11.6. The molecule has 2 N–H and O–H groups in total. The molecule has 138 valence electrons. The van der Waals surface area contributed by atoms with Crippen LogP contribution in [0.5, 0.6) is 0 Å². The smallest absolute Gasteiger partial charge is 0.248 e. The van der Waals surface area contributed by atoms with E-state index in [1.54, 1.807) is 66.5 Å². The molecule has 3 rings (SSSR count). The van der Waals surface area contributed by atoms with Gasteiger partial charge < -0.3 is 10.6 Å². The van der Waals surface area contributed by atoms with Crippen LogP contribution in [-0.4, -0.2) is 21.6 Å². The predicted octanol–water partition coefficient (Wildman–Crippen LogP) is 3.40. The average molecular weight is 366 g/mol. The van der Waals surface area contributed by atoms with E-state index in [9.17, 15) is 14.0 Å². The van der Waals surface area contributed by atoms with Gasteiger partial charge in [-0.05, 0) is 48.9 Å². The Morgan fingerprint density at radius 1 is 1.07 bits per heavy atom. The molecule has 0 saturated heterocycles. The van der Waals surface area contributed by atoms with E-state index in [0.717, 1.165) is 0 Å². The van der Waals surface area contributed by atoms with Gasteiger partial charge in [-0.15, -0.1) is 0 Å². The van der Waals surface area contributed by atoms with Crippen molar-refractivity contribution >= 4 is 23.2 Å². The summed E-state index contributed by atoms with van der Waals surface area (Å²) in [5, 5.41) is 9.64. The third-order valence-electron chi connectivity index (χ3n) is 3.99. The summed E-state index contributed by atoms with van der Waals surface area (Å²) in [5.41, 5.74) is 1.84. The number of anilines is 2. The molecule has 27 heavy (non-hydrogen) atoms. The molecule has 1 atom stereocenters. The van der Waals surface area contributed by atoms with Crippen molar-refractivity contribution in [2.24, 2.45) is 0 Å². The van der Waals surface area contributed by atoms with Gasteiger partial charge in [0.15, 0.2) is 0 Å². The van der Waals surface area contributed by atoms with E-state index >= 15 is 0 Å². The lowest BCUT2D eigenvalue weighted by molar-refractivity contribution is -0.119. The van der Waals surface area contributed by atoms with Crippen molar-refractivity contribution in [2.75, 3.05) is 10.6 Å². The van der Waals surface area contributed by atoms with Gasteiger partial charge >= 0.3 is 0 Å². The summed E-state index contributed by atoms with van der Waals surface area (Å²) < 4.78 is 14.5. The first-order valence-electron chi connectivity index (χ1n) is 8.45. The third-order valence-corrected chi connectivity index (χ3v) is 3.99. The molecule has 2 amide bonds. The van der Waals surface area contributed by atoms with Gasteiger partial charge in [0.05, 0.1) is 6.42 Å². The lowest BCUT2D eigenvalue weighted by Gasteiger charge is -2.13. The van der Waals surface area contributed by atoms with Gasteiger partial charge in [-0.25, -0.2) is 4.39 Å². The molecule has 0 bridgehead atoms. The maximum absolute atomic E-state index is 12.9. The second-order valence-corrected chi connectivity index (χ2v) is 6.08. The molecule has 1 heterocycles. The van der Waals surface area contributed by atoms with Crippen LogP contribution in [0.4, 0.5) is 15.8 Å². The van der Waals surface area contributed by atoms with Crippen molar-refractivity contribution in [3.63, 3.8) is 0 Å². The van der Waals surface area contributed by atoms with Gasteiger partial charge in [0, 0.05) is 23.8 Å². The number of aromatic nitrogens is 2. The lowest BCUT2D eigenvalue weighted by Crippen LogP contribution is -2.24. The molecular formula is C20H19FN4O2. The van der Waals surface area contributed by atoms with Gasteiger partial charge in [0.1, 0.15) is 11.9 Å². The second-order valence-electron chi connectivity index (χ2n) is 6.08. The van der Waals surface area contributed by atoms with E-state index in [0.29, 0.717) is 16.9 Å². The minimum Gasteiger partial charge on any atom is -0.326 e. The van der Waals surface area contributed by atoms with Crippen LogP contribution in [0.2, 0.25) is 0 Å². The highest BCUT2D eigenvalue weighted by Crippen LogP contribution is 2.17. The first-order chi connectivity index (χ1) is 13.0. The van der Waals surface area contributed by atoms with Gasteiger partial charge in [-0.2, -0.15) is 5.10 Å². The van der Waals surface area contributed by atoms with Crippen molar-refractivity contribution in [1.82, 2.24) is 9.78 Å². The summed E-state index contributed by atoms with van der Waals surface area (Å²) in [4.78, 5) is 24.5. The first-order valence-corrected chi connectivity index (χ1v) is 8.45. The fraction of sp³-hybridized carbons (Fsp3) is 0.150. The number of amides is 2. The second kappa shape index (κ2) is 8.27. The Bertz CT molecular complexity index is 923. The number of hydrogen-bond acceptors (Lipinski definition) is 3. The van der Waals surface area contributed by atoms with E-state index in [2.05, 4.69) is 15.7 Å². The highest BCUT2D eigenvalue weighted by atomic mass is 19.1. The standard InChI is InChI=1S/C20H19FN4O2/c1-14(25-11-3-10-22-25)20(27)24-18-5-2-4-17(13-18)23-19(26)12-15-6-8-16(21)9-7-15/h2-11,13-14H,12H2,1H3,(H,23,26)(H,24,27)/t14-/m0/s1. The van der Waals surface area contributed by atoms with E-state index in [1.165, 1.54) is 12.1 Å². The van der Waals surface area contributed by atoms with Crippen LogP contribution < -0.4 is 10.6 Å². The number of halogens is 1. The number of hydrogen-bond donors (Lipinski definition) is 2. The van der Waals surface area contributed by atoms with Crippen molar-refractivity contribution in [3.8, 4) is 0 Å². The Balaban J connectivity index is 1.60. The quantitative estimate of drug-likeness (QED) is 0.702. The molecule has 0 saturated carbocycles. The van der Waals surface area contributed by atoms with Gasteiger partial charge in [-0.1, -0.05) is 18.2 Å². The fourth-order valence-electron chi connectivity index (χ4n) is 2.54. The Hall–Kier alpha value is -3.48. The number of nitrogens with zero attached hydrogens (tertiary/aromatic N) is 2. The first kappa shape index (κ1) is 18.3.